The van der Waals surface area contributed by atoms with Crippen molar-refractivity contribution in [2.24, 2.45) is 0 Å². The van der Waals surface area contributed by atoms with E-state index in [4.69, 9.17) is 4.89 Å². The van der Waals surface area contributed by atoms with E-state index in [1.165, 1.54) is 7.11 Å². The highest BCUT2D eigenvalue weighted by atomic mass is 17.2. The van der Waals surface area contributed by atoms with Crippen molar-refractivity contribution in [2.45, 2.75) is 32.7 Å². The van der Waals surface area contributed by atoms with Crippen molar-refractivity contribution in [1.29, 1.82) is 0 Å². The van der Waals surface area contributed by atoms with E-state index >= 15 is 0 Å². The van der Waals surface area contributed by atoms with Crippen LogP contribution in [0.15, 0.2) is 29.5 Å². The molecule has 0 aliphatic carbocycles. The summed E-state index contributed by atoms with van der Waals surface area (Å²) in [6, 6.07) is 5.53. The van der Waals surface area contributed by atoms with Crippen LogP contribution in [0.4, 0.5) is 4.79 Å². The molecule has 3 N–H and O–H groups in total. The third kappa shape index (κ3) is 4.10. The molecular weight excluding hydrogens is 296 g/mol. The summed E-state index contributed by atoms with van der Waals surface area (Å²) < 4.78 is 0. The van der Waals surface area contributed by atoms with Gasteiger partial charge in [-0.05, 0) is 49.0 Å². The van der Waals surface area contributed by atoms with Crippen LogP contribution in [0.5, 0.6) is 0 Å². The molecule has 1 aliphatic heterocycles. The van der Waals surface area contributed by atoms with E-state index < -0.39 is 0 Å². The maximum atomic E-state index is 12.0. The molecule has 2 amide bonds. The van der Waals surface area contributed by atoms with E-state index in [0.717, 1.165) is 28.0 Å². The molecule has 0 bridgehead atoms. The smallest absolute Gasteiger partial charge is 0.319 e. The van der Waals surface area contributed by atoms with Crippen LogP contribution in [0.25, 0.3) is 0 Å². The highest BCUT2D eigenvalue weighted by molar-refractivity contribution is 5.79. The Bertz CT molecular complexity index is 598. The average Bonchev–Trinajstić information content (AvgIpc) is 2.50. The zero-order valence-electron chi connectivity index (χ0n) is 13.8. The third-order valence-electron chi connectivity index (χ3n) is 4.06. The normalized spacial score (nSPS) is 17.9. The maximum absolute atomic E-state index is 12.0. The van der Waals surface area contributed by atoms with Crippen molar-refractivity contribution >= 4 is 6.03 Å². The van der Waals surface area contributed by atoms with Gasteiger partial charge in [0.05, 0.1) is 19.8 Å². The molecule has 1 aliphatic rings. The van der Waals surface area contributed by atoms with Crippen molar-refractivity contribution in [3.63, 3.8) is 0 Å². The zero-order valence-corrected chi connectivity index (χ0v) is 13.8. The lowest BCUT2D eigenvalue weighted by molar-refractivity contribution is -0.271. The minimum Gasteiger partial charge on any atom is -0.396 e. The Hall–Kier alpha value is -1.89. The number of aliphatic hydroxyl groups excluding tert-OH is 1. The molecule has 1 aromatic carbocycles. The van der Waals surface area contributed by atoms with Crippen LogP contribution in [0, 0.1) is 6.92 Å². The minimum atomic E-state index is -0.230. The number of aliphatic hydroxyl groups is 1. The highest BCUT2D eigenvalue weighted by Gasteiger charge is 2.28. The number of amides is 2. The molecule has 1 aromatic rings. The van der Waals surface area contributed by atoms with Gasteiger partial charge in [0, 0.05) is 12.3 Å². The average molecular weight is 320 g/mol. The monoisotopic (exact) mass is 320 g/mol. The largest absolute Gasteiger partial charge is 0.396 e. The fraction of sp³-hybridized carbons (Fsp3) is 0.471. The van der Waals surface area contributed by atoms with Gasteiger partial charge in [-0.2, -0.15) is 0 Å². The lowest BCUT2D eigenvalue weighted by atomic mass is 9.86. The number of rotatable bonds is 7. The Morgan fingerprint density at radius 3 is 2.74 bits per heavy atom. The highest BCUT2D eigenvalue weighted by Crippen LogP contribution is 2.33. The Kier molecular flexibility index (Phi) is 6.15. The number of hydrogen-bond acceptors (Lipinski definition) is 4. The van der Waals surface area contributed by atoms with E-state index in [1.54, 1.807) is 0 Å². The Balaban J connectivity index is 2.41. The molecule has 0 radical (unpaired) electrons. The molecule has 0 saturated heterocycles. The molecule has 1 unspecified atom stereocenters. The van der Waals surface area contributed by atoms with E-state index in [1.807, 2.05) is 32.0 Å². The van der Waals surface area contributed by atoms with Gasteiger partial charge in [-0.25, -0.2) is 14.6 Å². The minimum absolute atomic E-state index is 0.0696. The molecule has 23 heavy (non-hydrogen) atoms. The molecule has 126 valence electrons. The van der Waals surface area contributed by atoms with Crippen molar-refractivity contribution in [3.8, 4) is 0 Å². The number of carbonyl (C=O) groups is 1. The van der Waals surface area contributed by atoms with Crippen LogP contribution in [-0.2, 0) is 16.2 Å². The standard InChI is InChI=1S/C17H24N2O4/c1-11-5-4-6-13(7-9-20)15(11)16-14(8-10-23-22-3)12(2)18-17(21)19-16/h4-6,16,20H,7-10H2,1-3H3,(H2,18,19,21). The Labute approximate surface area is 136 Å². The van der Waals surface area contributed by atoms with Crippen LogP contribution in [0.2, 0.25) is 0 Å². The second-order valence-electron chi connectivity index (χ2n) is 5.54. The number of aryl methyl sites for hydroxylation is 1. The summed E-state index contributed by atoms with van der Waals surface area (Å²) in [4.78, 5) is 21.6. The molecule has 0 aromatic heterocycles. The Morgan fingerprint density at radius 2 is 2.04 bits per heavy atom. The van der Waals surface area contributed by atoms with Crippen molar-refractivity contribution in [1.82, 2.24) is 10.6 Å². The summed E-state index contributed by atoms with van der Waals surface area (Å²) in [5, 5.41) is 15.1. The predicted octanol–water partition coefficient (Wildman–Crippen LogP) is 2.13. The quantitative estimate of drug-likeness (QED) is 0.408. The second-order valence-corrected chi connectivity index (χ2v) is 5.54. The first-order valence-electron chi connectivity index (χ1n) is 7.70. The summed E-state index contributed by atoms with van der Waals surface area (Å²) in [6.45, 7) is 4.37. The first kappa shape index (κ1) is 17.5. The van der Waals surface area contributed by atoms with Crippen molar-refractivity contribution < 1.29 is 19.7 Å². The van der Waals surface area contributed by atoms with Crippen LogP contribution in [-0.4, -0.2) is 31.5 Å². The van der Waals surface area contributed by atoms with Gasteiger partial charge >= 0.3 is 6.03 Å². The van der Waals surface area contributed by atoms with Crippen LogP contribution < -0.4 is 10.6 Å². The number of allylic oxidation sites excluding steroid dienone is 1. The number of hydrogen-bond donors (Lipinski definition) is 3. The molecule has 1 heterocycles. The third-order valence-corrected chi connectivity index (χ3v) is 4.06. The van der Waals surface area contributed by atoms with Gasteiger partial charge in [-0.15, -0.1) is 0 Å². The lowest BCUT2D eigenvalue weighted by Crippen LogP contribution is -2.44. The summed E-state index contributed by atoms with van der Waals surface area (Å²) in [7, 11) is 1.47. The molecule has 0 spiro atoms. The van der Waals surface area contributed by atoms with Gasteiger partial charge in [-0.3, -0.25) is 0 Å². The van der Waals surface area contributed by atoms with Crippen LogP contribution in [0.1, 0.15) is 36.1 Å². The molecular formula is C17H24N2O4. The SMILES string of the molecule is COOCCC1=C(C)NC(=O)NC1c1c(C)cccc1CCO. The van der Waals surface area contributed by atoms with Crippen LogP contribution >= 0.6 is 0 Å². The summed E-state index contributed by atoms with van der Waals surface area (Å²) in [5.74, 6) is 0. The lowest BCUT2D eigenvalue weighted by Gasteiger charge is -2.31. The van der Waals surface area contributed by atoms with Crippen LogP contribution in [0.3, 0.4) is 0 Å². The maximum Gasteiger partial charge on any atom is 0.319 e. The Morgan fingerprint density at radius 1 is 1.26 bits per heavy atom. The molecule has 1 atom stereocenters. The topological polar surface area (TPSA) is 79.8 Å². The molecule has 2 rings (SSSR count). The number of urea groups is 1. The first-order chi connectivity index (χ1) is 11.1. The summed E-state index contributed by atoms with van der Waals surface area (Å²) >= 11 is 0. The van der Waals surface area contributed by atoms with E-state index in [2.05, 4.69) is 15.5 Å². The molecule has 0 saturated carbocycles. The van der Waals surface area contributed by atoms with Gasteiger partial charge in [0.15, 0.2) is 0 Å². The van der Waals surface area contributed by atoms with Gasteiger partial charge in [-0.1, -0.05) is 18.2 Å². The van der Waals surface area contributed by atoms with E-state index in [-0.39, 0.29) is 18.7 Å². The fourth-order valence-corrected chi connectivity index (χ4v) is 3.03. The molecule has 6 heteroatoms. The van der Waals surface area contributed by atoms with Crippen molar-refractivity contribution in [3.05, 3.63) is 46.2 Å². The van der Waals surface area contributed by atoms with Gasteiger partial charge in [0.2, 0.25) is 0 Å². The summed E-state index contributed by atoms with van der Waals surface area (Å²) in [6.07, 6.45) is 1.18. The van der Waals surface area contributed by atoms with Crippen molar-refractivity contribution in [2.75, 3.05) is 20.3 Å². The number of benzene rings is 1. The molecule has 6 nitrogen and oxygen atoms in total. The first-order valence-corrected chi connectivity index (χ1v) is 7.70. The number of nitrogens with one attached hydrogen (secondary N) is 2. The van der Waals surface area contributed by atoms with E-state index in [9.17, 15) is 9.90 Å². The zero-order chi connectivity index (χ0) is 16.8. The van der Waals surface area contributed by atoms with Gasteiger partial charge < -0.3 is 15.7 Å². The van der Waals surface area contributed by atoms with Gasteiger partial charge in [0.25, 0.3) is 0 Å². The molecule has 0 fully saturated rings. The summed E-state index contributed by atoms with van der Waals surface area (Å²) in [5.41, 5.74) is 5.05. The van der Waals surface area contributed by atoms with Gasteiger partial charge in [0.1, 0.15) is 0 Å². The second kappa shape index (κ2) is 8.10. The van der Waals surface area contributed by atoms with E-state index in [0.29, 0.717) is 19.4 Å². The predicted molar refractivity (Wildman–Crippen MR) is 86.7 cm³/mol. The number of carbonyl (C=O) groups excluding carboxylic acids is 1. The fourth-order valence-electron chi connectivity index (χ4n) is 3.03.